The molecule has 0 amide bonds. The molecule has 8 heteroatoms. The average molecular weight is 498 g/mol. The second kappa shape index (κ2) is 11.9. The van der Waals surface area contributed by atoms with Gasteiger partial charge in [-0.15, -0.1) is 11.8 Å². The van der Waals surface area contributed by atoms with Crippen LogP contribution < -0.4 is 10.2 Å². The van der Waals surface area contributed by atoms with E-state index in [2.05, 4.69) is 4.98 Å². The molecule has 7 nitrogen and oxygen atoms in total. The Kier molecular flexibility index (Phi) is 8.98. The van der Waals surface area contributed by atoms with Crippen molar-refractivity contribution in [3.63, 3.8) is 0 Å². The molecule has 0 atom stereocenters. The smallest absolute Gasteiger partial charge is 0.352 e. The summed E-state index contributed by atoms with van der Waals surface area (Å²) in [6.07, 6.45) is 3.74. The number of phenols is 1. The number of fused-ring (bicyclic) bond motifs is 1. The number of thioether (sulfide) groups is 1. The molecule has 0 saturated carbocycles. The van der Waals surface area contributed by atoms with E-state index in [0.29, 0.717) is 40.8 Å². The number of H-pyrrole nitrogens is 1. The van der Waals surface area contributed by atoms with Gasteiger partial charge in [-0.1, -0.05) is 26.7 Å². The van der Waals surface area contributed by atoms with Crippen molar-refractivity contribution in [2.24, 2.45) is 0 Å². The topological polar surface area (TPSA) is 117 Å². The Bertz CT molecular complexity index is 1300. The van der Waals surface area contributed by atoms with Crippen LogP contribution in [0.1, 0.15) is 72.0 Å². The molecule has 3 rings (SSSR count). The van der Waals surface area contributed by atoms with Crippen molar-refractivity contribution in [3.8, 4) is 11.5 Å². The number of carbonyl (C=O) groups excluding carboxylic acids is 1. The van der Waals surface area contributed by atoms with Crippen molar-refractivity contribution < 1.29 is 24.5 Å². The number of aromatic carboxylic acids is 1. The fourth-order valence-electron chi connectivity index (χ4n) is 4.06. The number of Topliss-reactive ketones (excluding diaryl/α,β-unsaturated/α-hetero) is 1. The third-order valence-corrected chi connectivity index (χ3v) is 6.91. The van der Waals surface area contributed by atoms with E-state index in [1.165, 1.54) is 6.92 Å². The number of hydrogen-bond acceptors (Lipinski definition) is 6. The summed E-state index contributed by atoms with van der Waals surface area (Å²) in [5, 5.41) is 20.3. The number of aromatic hydroxyl groups is 1. The van der Waals surface area contributed by atoms with Crippen LogP contribution in [0.15, 0.2) is 40.0 Å². The van der Waals surface area contributed by atoms with Crippen LogP contribution in [-0.2, 0) is 12.8 Å². The highest BCUT2D eigenvalue weighted by Crippen LogP contribution is 2.33. The lowest BCUT2D eigenvalue weighted by atomic mass is 10.0. The number of rotatable bonds is 12. The van der Waals surface area contributed by atoms with E-state index < -0.39 is 5.97 Å². The standard InChI is InChI=1S/C27H31NO6S/c1-4-7-19-23(11-9-17(16(3)29)26(19)31)34-13-6-14-35-24-12-10-18-22(30)15-21(27(32)33)28-25(18)20(24)8-5-2/h9-12,15,31H,4-8,13-14H2,1-3H3,(H,28,30)(H,32,33). The van der Waals surface area contributed by atoms with Gasteiger partial charge in [0.05, 0.1) is 17.7 Å². The molecular formula is C27H31NO6S. The van der Waals surface area contributed by atoms with Crippen LogP contribution in [0.25, 0.3) is 10.9 Å². The van der Waals surface area contributed by atoms with Crippen molar-refractivity contribution in [1.82, 2.24) is 4.98 Å². The van der Waals surface area contributed by atoms with Gasteiger partial charge < -0.3 is 19.9 Å². The predicted molar refractivity (Wildman–Crippen MR) is 138 cm³/mol. The Morgan fingerprint density at radius 3 is 2.43 bits per heavy atom. The third kappa shape index (κ3) is 6.06. The monoisotopic (exact) mass is 497 g/mol. The maximum Gasteiger partial charge on any atom is 0.352 e. The normalized spacial score (nSPS) is 11.1. The molecule has 0 spiro atoms. The molecule has 2 aromatic carbocycles. The van der Waals surface area contributed by atoms with Gasteiger partial charge in [-0.3, -0.25) is 9.59 Å². The summed E-state index contributed by atoms with van der Waals surface area (Å²) in [4.78, 5) is 39.5. The predicted octanol–water partition coefficient (Wildman–Crippen LogP) is 5.60. The van der Waals surface area contributed by atoms with Crippen LogP contribution in [0.3, 0.4) is 0 Å². The second-order valence-corrected chi connectivity index (χ2v) is 9.50. The summed E-state index contributed by atoms with van der Waals surface area (Å²) in [5.41, 5.74) is 2.08. The molecule has 0 radical (unpaired) electrons. The number of carboxylic acids is 1. The molecular weight excluding hydrogens is 466 g/mol. The van der Waals surface area contributed by atoms with Crippen LogP contribution in [0, 0.1) is 0 Å². The van der Waals surface area contributed by atoms with Crippen molar-refractivity contribution in [2.75, 3.05) is 12.4 Å². The third-order valence-electron chi connectivity index (χ3n) is 5.72. The Morgan fingerprint density at radius 2 is 1.77 bits per heavy atom. The van der Waals surface area contributed by atoms with E-state index in [-0.39, 0.29) is 22.7 Å². The van der Waals surface area contributed by atoms with Crippen LogP contribution >= 0.6 is 11.8 Å². The van der Waals surface area contributed by atoms with Crippen molar-refractivity contribution in [3.05, 3.63) is 62.9 Å². The first-order chi connectivity index (χ1) is 16.8. The Hall–Kier alpha value is -3.26. The van der Waals surface area contributed by atoms with E-state index >= 15 is 0 Å². The zero-order chi connectivity index (χ0) is 25.5. The number of pyridine rings is 1. The molecule has 1 aromatic heterocycles. The molecule has 35 heavy (non-hydrogen) atoms. The number of ether oxygens (including phenoxy) is 1. The van der Waals surface area contributed by atoms with Crippen LogP contribution in [0.4, 0.5) is 0 Å². The summed E-state index contributed by atoms with van der Waals surface area (Å²) in [6, 6.07) is 8.13. The van der Waals surface area contributed by atoms with E-state index in [4.69, 9.17) is 4.74 Å². The minimum absolute atomic E-state index is 0.00122. The first-order valence-electron chi connectivity index (χ1n) is 11.8. The second-order valence-electron chi connectivity index (χ2n) is 8.36. The number of phenolic OH excluding ortho intramolecular Hbond substituents is 1. The Morgan fingerprint density at radius 1 is 1.06 bits per heavy atom. The first kappa shape index (κ1) is 26.3. The number of nitrogens with one attached hydrogen (secondary N) is 1. The lowest BCUT2D eigenvalue weighted by Crippen LogP contribution is -2.11. The number of aryl methyl sites for hydroxylation is 1. The number of aromatic nitrogens is 1. The quantitative estimate of drug-likeness (QED) is 0.169. The van der Waals surface area contributed by atoms with Gasteiger partial charge in [-0.25, -0.2) is 4.79 Å². The van der Waals surface area contributed by atoms with Crippen molar-refractivity contribution in [1.29, 1.82) is 0 Å². The number of benzene rings is 2. The van der Waals surface area contributed by atoms with Gasteiger partial charge in [0.15, 0.2) is 11.2 Å². The highest BCUT2D eigenvalue weighted by atomic mass is 32.2. The van der Waals surface area contributed by atoms with E-state index in [1.807, 2.05) is 19.9 Å². The summed E-state index contributed by atoms with van der Waals surface area (Å²) in [7, 11) is 0. The molecule has 3 N–H and O–H groups in total. The van der Waals surface area contributed by atoms with E-state index in [9.17, 15) is 24.6 Å². The number of carboxylic acid groups (broad SMARTS) is 1. The average Bonchev–Trinajstić information content (AvgIpc) is 2.81. The summed E-state index contributed by atoms with van der Waals surface area (Å²) < 4.78 is 5.95. The number of aromatic amines is 1. The van der Waals surface area contributed by atoms with Crippen LogP contribution in [0.2, 0.25) is 0 Å². The van der Waals surface area contributed by atoms with Gasteiger partial charge in [0.25, 0.3) is 0 Å². The van der Waals surface area contributed by atoms with Crippen molar-refractivity contribution >= 4 is 34.4 Å². The fourth-order valence-corrected chi connectivity index (χ4v) is 5.08. The Labute approximate surface area is 208 Å². The van der Waals surface area contributed by atoms with Gasteiger partial charge in [-0.2, -0.15) is 0 Å². The largest absolute Gasteiger partial charge is 0.507 e. The molecule has 3 aromatic rings. The molecule has 0 fully saturated rings. The molecule has 0 bridgehead atoms. The Balaban J connectivity index is 1.72. The number of hydrogen-bond donors (Lipinski definition) is 3. The van der Waals surface area contributed by atoms with E-state index in [0.717, 1.165) is 48.0 Å². The number of ketones is 1. The maximum atomic E-state index is 12.4. The van der Waals surface area contributed by atoms with Gasteiger partial charge >= 0.3 is 5.97 Å². The minimum atomic E-state index is -1.16. The zero-order valence-electron chi connectivity index (χ0n) is 20.3. The molecule has 0 aliphatic heterocycles. The molecule has 0 aliphatic rings. The molecule has 0 aliphatic carbocycles. The lowest BCUT2D eigenvalue weighted by Gasteiger charge is -2.15. The highest BCUT2D eigenvalue weighted by Gasteiger charge is 2.16. The molecule has 0 unspecified atom stereocenters. The van der Waals surface area contributed by atoms with Gasteiger partial charge in [0, 0.05) is 27.7 Å². The maximum absolute atomic E-state index is 12.4. The molecule has 186 valence electrons. The summed E-state index contributed by atoms with van der Waals surface area (Å²) in [5.74, 6) is 0.00675. The van der Waals surface area contributed by atoms with Gasteiger partial charge in [-0.05, 0) is 56.0 Å². The molecule has 0 saturated heterocycles. The van der Waals surface area contributed by atoms with Crippen molar-refractivity contribution in [2.45, 2.75) is 57.8 Å². The molecule has 1 heterocycles. The SMILES string of the molecule is CCCc1c(OCCCSc2ccc3c(=O)cc(C(=O)O)[nH]c3c2CCC)ccc(C(C)=O)c1O. The summed E-state index contributed by atoms with van der Waals surface area (Å²) in [6.45, 7) is 5.92. The summed E-state index contributed by atoms with van der Waals surface area (Å²) >= 11 is 1.64. The number of carbonyl (C=O) groups is 2. The zero-order valence-corrected chi connectivity index (χ0v) is 21.1. The fraction of sp³-hybridized carbons (Fsp3) is 0.370. The first-order valence-corrected chi connectivity index (χ1v) is 12.8. The lowest BCUT2D eigenvalue weighted by molar-refractivity contribution is 0.0690. The van der Waals surface area contributed by atoms with Gasteiger partial charge in [0.1, 0.15) is 17.2 Å². The van der Waals surface area contributed by atoms with Crippen LogP contribution in [0.5, 0.6) is 11.5 Å². The van der Waals surface area contributed by atoms with Gasteiger partial charge in [0.2, 0.25) is 0 Å². The van der Waals surface area contributed by atoms with E-state index in [1.54, 1.807) is 30.0 Å². The van der Waals surface area contributed by atoms with Crippen LogP contribution in [-0.4, -0.2) is 39.3 Å². The highest BCUT2D eigenvalue weighted by molar-refractivity contribution is 7.99. The minimum Gasteiger partial charge on any atom is -0.507 e.